The van der Waals surface area contributed by atoms with Gasteiger partial charge in [-0.25, -0.2) is 0 Å². The molecule has 6 aromatic rings. The highest BCUT2D eigenvalue weighted by atomic mass is 19.4. The first-order valence-electron chi connectivity index (χ1n) is 12.2. The number of alkyl halides is 6. The molecule has 0 radical (unpaired) electrons. The Balaban J connectivity index is 1.41. The molecule has 0 saturated carbocycles. The lowest BCUT2D eigenvalue weighted by Gasteiger charge is -2.12. The summed E-state index contributed by atoms with van der Waals surface area (Å²) in [6, 6.07) is 8.46. The van der Waals surface area contributed by atoms with Crippen molar-refractivity contribution in [2.45, 2.75) is 12.4 Å². The van der Waals surface area contributed by atoms with E-state index < -0.39 is 63.4 Å². The van der Waals surface area contributed by atoms with Crippen molar-refractivity contribution in [3.05, 3.63) is 82.9 Å². The summed E-state index contributed by atoms with van der Waals surface area (Å²) < 4.78 is 78.7. The number of aromatic hydroxyl groups is 4. The Morgan fingerprint density at radius 1 is 0.523 bits per heavy atom. The van der Waals surface area contributed by atoms with Gasteiger partial charge < -0.3 is 20.4 Å². The van der Waals surface area contributed by atoms with E-state index in [1.807, 2.05) is 0 Å². The molecule has 4 N–H and O–H groups in total. The van der Waals surface area contributed by atoms with E-state index in [1.165, 1.54) is 0 Å². The first-order chi connectivity index (χ1) is 20.6. The highest BCUT2D eigenvalue weighted by Crippen LogP contribution is 2.37. The molecule has 0 saturated heterocycles. The fourth-order valence-corrected chi connectivity index (χ4v) is 4.36. The van der Waals surface area contributed by atoms with Crippen molar-refractivity contribution in [1.82, 2.24) is 30.0 Å². The summed E-state index contributed by atoms with van der Waals surface area (Å²) >= 11 is 0. The van der Waals surface area contributed by atoms with Gasteiger partial charge in [-0.3, -0.25) is 4.79 Å². The van der Waals surface area contributed by atoms with Crippen LogP contribution in [0.4, 0.5) is 26.3 Å². The number of rotatable bonds is 4. The standard InChI is InChI=1S/C27H14F6N6O5/c28-26(29,30)11-1-3-15-17(5-11)36-38(34-15)19-7-13(21(40)9-23(19)42)25(44)14-8-20(24(43)10-22(14)41)39-35-16-4-2-12(27(31,32)33)6-18(16)37-39/h1-10,40-43H. The Kier molecular flexibility index (Phi) is 6.15. The van der Waals surface area contributed by atoms with Crippen molar-refractivity contribution in [1.29, 1.82) is 0 Å². The van der Waals surface area contributed by atoms with Crippen LogP contribution in [-0.2, 0) is 12.4 Å². The number of hydrogen-bond acceptors (Lipinski definition) is 9. The van der Waals surface area contributed by atoms with Gasteiger partial charge in [-0.2, -0.15) is 26.3 Å². The van der Waals surface area contributed by atoms with Crippen LogP contribution >= 0.6 is 0 Å². The van der Waals surface area contributed by atoms with Gasteiger partial charge in [0.2, 0.25) is 5.78 Å². The first-order valence-corrected chi connectivity index (χ1v) is 12.2. The third kappa shape index (κ3) is 4.83. The predicted octanol–water partition coefficient (Wildman–Crippen LogP) is 5.25. The van der Waals surface area contributed by atoms with Crippen LogP contribution in [0.2, 0.25) is 0 Å². The van der Waals surface area contributed by atoms with Crippen LogP contribution < -0.4 is 0 Å². The van der Waals surface area contributed by atoms with Crippen molar-refractivity contribution in [3.63, 3.8) is 0 Å². The van der Waals surface area contributed by atoms with Crippen molar-refractivity contribution in [2.24, 2.45) is 0 Å². The van der Waals surface area contributed by atoms with E-state index in [1.54, 1.807) is 0 Å². The summed E-state index contributed by atoms with van der Waals surface area (Å²) in [7, 11) is 0. The van der Waals surface area contributed by atoms with Gasteiger partial charge in [0.05, 0.1) is 22.3 Å². The van der Waals surface area contributed by atoms with Gasteiger partial charge in [0, 0.05) is 12.1 Å². The third-order valence-corrected chi connectivity index (χ3v) is 6.52. The van der Waals surface area contributed by atoms with Crippen molar-refractivity contribution in [3.8, 4) is 34.4 Å². The molecule has 0 atom stereocenters. The quantitative estimate of drug-likeness (QED) is 0.153. The molecular weight excluding hydrogens is 602 g/mol. The Labute approximate surface area is 239 Å². The summed E-state index contributed by atoms with van der Waals surface area (Å²) in [5.74, 6) is -3.93. The third-order valence-electron chi connectivity index (χ3n) is 6.52. The Bertz CT molecular complexity index is 1990. The SMILES string of the molecule is O=C(c1cc(-n2nc3ccc(C(F)(F)F)cc3n2)c(O)cc1O)c1cc(-n2nc3ccc(C(F)(F)F)cc3n2)c(O)cc1O. The van der Waals surface area contributed by atoms with Crippen LogP contribution in [0.15, 0.2) is 60.7 Å². The zero-order valence-electron chi connectivity index (χ0n) is 21.4. The Morgan fingerprint density at radius 2 is 0.886 bits per heavy atom. The van der Waals surface area contributed by atoms with Crippen LogP contribution in [0.3, 0.4) is 0 Å². The number of aromatic nitrogens is 6. The maximum absolute atomic E-state index is 13.5. The zero-order chi connectivity index (χ0) is 31.7. The average molecular weight is 616 g/mol. The van der Waals surface area contributed by atoms with Crippen molar-refractivity contribution < 1.29 is 51.6 Å². The fraction of sp³-hybridized carbons (Fsp3) is 0.0741. The van der Waals surface area contributed by atoms with E-state index in [-0.39, 0.29) is 33.4 Å². The minimum Gasteiger partial charge on any atom is -0.507 e. The summed E-state index contributed by atoms with van der Waals surface area (Å²) in [6.07, 6.45) is -9.32. The second-order valence-electron chi connectivity index (χ2n) is 9.43. The number of phenols is 4. The largest absolute Gasteiger partial charge is 0.507 e. The fourth-order valence-electron chi connectivity index (χ4n) is 4.36. The molecule has 0 bridgehead atoms. The van der Waals surface area contributed by atoms with Gasteiger partial charge in [0.25, 0.3) is 0 Å². The molecule has 224 valence electrons. The van der Waals surface area contributed by atoms with Crippen molar-refractivity contribution >= 4 is 27.9 Å². The van der Waals surface area contributed by atoms with E-state index in [4.69, 9.17) is 0 Å². The molecule has 2 aromatic heterocycles. The Hall–Kier alpha value is -5.87. The molecule has 6 rings (SSSR count). The minimum atomic E-state index is -4.66. The highest BCUT2D eigenvalue weighted by Gasteiger charge is 2.32. The average Bonchev–Trinajstić information content (AvgIpc) is 3.55. The molecule has 17 heteroatoms. The lowest BCUT2D eigenvalue weighted by atomic mass is 9.99. The summed E-state index contributed by atoms with van der Waals surface area (Å²) in [4.78, 5) is 15.0. The van der Waals surface area contributed by atoms with Gasteiger partial charge >= 0.3 is 12.4 Å². The second kappa shape index (κ2) is 9.58. The van der Waals surface area contributed by atoms with Gasteiger partial charge in [-0.15, -0.1) is 30.0 Å². The summed E-state index contributed by atoms with van der Waals surface area (Å²) in [5.41, 5.74) is -4.06. The van der Waals surface area contributed by atoms with Crippen LogP contribution in [0.5, 0.6) is 23.0 Å². The lowest BCUT2D eigenvalue weighted by molar-refractivity contribution is -0.138. The monoisotopic (exact) mass is 616 g/mol. The number of hydrogen-bond donors (Lipinski definition) is 4. The number of benzene rings is 4. The highest BCUT2D eigenvalue weighted by molar-refractivity contribution is 6.13. The molecule has 0 unspecified atom stereocenters. The molecule has 4 aromatic carbocycles. The van der Waals surface area contributed by atoms with E-state index in [0.717, 1.165) is 70.3 Å². The Morgan fingerprint density at radius 3 is 1.25 bits per heavy atom. The minimum absolute atomic E-state index is 0.0145. The maximum Gasteiger partial charge on any atom is 0.416 e. The van der Waals surface area contributed by atoms with E-state index >= 15 is 0 Å². The van der Waals surface area contributed by atoms with Crippen LogP contribution in [-0.4, -0.2) is 56.2 Å². The molecule has 0 amide bonds. The number of halogens is 6. The molecule has 44 heavy (non-hydrogen) atoms. The number of phenolic OH excluding ortho intramolecular Hbond substituents is 4. The number of fused-ring (bicyclic) bond motifs is 2. The van der Waals surface area contributed by atoms with E-state index in [0.29, 0.717) is 0 Å². The molecular formula is C27H14F6N6O5. The molecule has 0 aliphatic carbocycles. The van der Waals surface area contributed by atoms with Crippen LogP contribution in [0.1, 0.15) is 27.0 Å². The number of ketones is 1. The smallest absolute Gasteiger partial charge is 0.416 e. The molecule has 2 heterocycles. The number of carbonyl (C=O) groups is 1. The van der Waals surface area contributed by atoms with Gasteiger partial charge in [-0.1, -0.05) is 0 Å². The normalized spacial score (nSPS) is 12.3. The second-order valence-corrected chi connectivity index (χ2v) is 9.43. The lowest BCUT2D eigenvalue weighted by Crippen LogP contribution is -2.08. The van der Waals surface area contributed by atoms with E-state index in [2.05, 4.69) is 20.4 Å². The van der Waals surface area contributed by atoms with Crippen LogP contribution in [0.25, 0.3) is 33.4 Å². The zero-order valence-corrected chi connectivity index (χ0v) is 21.4. The topological polar surface area (TPSA) is 159 Å². The molecule has 11 nitrogen and oxygen atoms in total. The maximum atomic E-state index is 13.5. The molecule has 0 fully saturated rings. The van der Waals surface area contributed by atoms with Gasteiger partial charge in [0.1, 0.15) is 56.4 Å². The molecule has 0 aliphatic heterocycles. The van der Waals surface area contributed by atoms with E-state index in [9.17, 15) is 51.6 Å². The van der Waals surface area contributed by atoms with Crippen molar-refractivity contribution in [2.75, 3.05) is 0 Å². The summed E-state index contributed by atoms with van der Waals surface area (Å²) in [5, 5.41) is 57.7. The van der Waals surface area contributed by atoms with Gasteiger partial charge in [-0.05, 0) is 48.5 Å². The first kappa shape index (κ1) is 28.3. The predicted molar refractivity (Wildman–Crippen MR) is 138 cm³/mol. The summed E-state index contributed by atoms with van der Waals surface area (Å²) in [6.45, 7) is 0. The number of carbonyl (C=O) groups excluding carboxylic acids is 1. The van der Waals surface area contributed by atoms with Gasteiger partial charge in [0.15, 0.2) is 0 Å². The molecule has 0 aliphatic rings. The molecule has 0 spiro atoms. The van der Waals surface area contributed by atoms with Crippen LogP contribution in [0, 0.1) is 0 Å². The number of nitrogens with zero attached hydrogens (tertiary/aromatic N) is 6.